The molecule has 1 saturated heterocycles. The summed E-state index contributed by atoms with van der Waals surface area (Å²) in [6.07, 6.45) is -1.79. The summed E-state index contributed by atoms with van der Waals surface area (Å²) in [5.74, 6) is -0.418. The van der Waals surface area contributed by atoms with Gasteiger partial charge in [-0.2, -0.15) is 0 Å². The standard InChI is InChI=1S/C30H32N4O8.C2H6/c1-5-17-18-12-16(41-28(38)32-8-10-33(11-9-32)29(39)42-30(2,3)4)6-7-22(18)31-24-20(17)14-34-23(24)13-19-21(26(34)36)15-40-27(37)25(19)35;1-2/h6-7,12-13,25,35H,5,8-11,14-15H2,1-4H3;1-2H3. The Balaban J connectivity index is 0.00000188. The van der Waals surface area contributed by atoms with Gasteiger partial charge in [0.05, 0.1) is 29.0 Å². The number of carbonyl (C=O) groups excluding carboxylic acids is 3. The van der Waals surface area contributed by atoms with Crippen LogP contribution in [0.25, 0.3) is 22.3 Å². The van der Waals surface area contributed by atoms with E-state index in [-0.39, 0.29) is 23.3 Å². The number of aliphatic hydroxyl groups is 1. The number of ether oxygens (including phenoxy) is 3. The average Bonchev–Trinajstić information content (AvgIpc) is 3.36. The van der Waals surface area contributed by atoms with Crippen LogP contribution < -0.4 is 10.3 Å². The van der Waals surface area contributed by atoms with E-state index in [0.717, 1.165) is 16.5 Å². The molecule has 6 rings (SSSR count). The van der Waals surface area contributed by atoms with Gasteiger partial charge in [-0.3, -0.25) is 4.79 Å². The first-order chi connectivity index (χ1) is 20.9. The predicted molar refractivity (Wildman–Crippen MR) is 161 cm³/mol. The van der Waals surface area contributed by atoms with E-state index in [1.54, 1.807) is 38.6 Å². The van der Waals surface area contributed by atoms with Crippen molar-refractivity contribution in [2.45, 2.75) is 72.8 Å². The molecule has 12 nitrogen and oxygen atoms in total. The Hall–Kier alpha value is -4.45. The molecule has 0 bridgehead atoms. The Morgan fingerprint density at radius 3 is 2.32 bits per heavy atom. The fraction of sp³-hybridized carbons (Fsp3) is 0.469. The van der Waals surface area contributed by atoms with E-state index in [4.69, 9.17) is 19.2 Å². The van der Waals surface area contributed by atoms with Crippen LogP contribution in [0.4, 0.5) is 9.59 Å². The number of esters is 1. The second kappa shape index (κ2) is 11.9. The van der Waals surface area contributed by atoms with Crippen LogP contribution in [0, 0.1) is 0 Å². The lowest BCUT2D eigenvalue weighted by Crippen LogP contribution is -2.52. The lowest BCUT2D eigenvalue weighted by molar-refractivity contribution is -0.157. The highest BCUT2D eigenvalue weighted by Gasteiger charge is 2.35. The fourth-order valence-corrected chi connectivity index (χ4v) is 5.72. The van der Waals surface area contributed by atoms with Crippen molar-refractivity contribution in [2.24, 2.45) is 0 Å². The van der Waals surface area contributed by atoms with Crippen LogP contribution in [0.1, 0.15) is 69.9 Å². The van der Waals surface area contributed by atoms with Gasteiger partial charge in [0.2, 0.25) is 0 Å². The average molecular weight is 607 g/mol. The van der Waals surface area contributed by atoms with Gasteiger partial charge >= 0.3 is 18.2 Å². The number of amides is 2. The molecule has 234 valence electrons. The van der Waals surface area contributed by atoms with Gasteiger partial charge in [-0.25, -0.2) is 19.4 Å². The summed E-state index contributed by atoms with van der Waals surface area (Å²) in [6.45, 7) is 12.9. The molecule has 1 atom stereocenters. The minimum atomic E-state index is -1.51. The van der Waals surface area contributed by atoms with Crippen molar-refractivity contribution in [1.29, 1.82) is 0 Å². The zero-order valence-electron chi connectivity index (χ0n) is 25.9. The largest absolute Gasteiger partial charge is 0.458 e. The number of rotatable bonds is 2. The monoisotopic (exact) mass is 606 g/mol. The SMILES string of the molecule is CC.CCc1c2c(nc3ccc(OC(=O)N4CCN(C(=O)OC(C)(C)C)CC4)cc13)-c1cc3c(c(=O)n1C2)COC(=O)C3O. The highest BCUT2D eigenvalue weighted by Crippen LogP contribution is 2.38. The summed E-state index contributed by atoms with van der Waals surface area (Å²) in [4.78, 5) is 58.5. The molecule has 3 aliphatic rings. The lowest BCUT2D eigenvalue weighted by Gasteiger charge is -2.35. The van der Waals surface area contributed by atoms with Crippen LogP contribution in [-0.4, -0.2) is 74.4 Å². The molecule has 1 N–H and O–H groups in total. The summed E-state index contributed by atoms with van der Waals surface area (Å²) in [5, 5.41) is 11.2. The van der Waals surface area contributed by atoms with Crippen molar-refractivity contribution in [3.63, 3.8) is 0 Å². The van der Waals surface area contributed by atoms with E-state index in [9.17, 15) is 24.3 Å². The number of fused-ring (bicyclic) bond motifs is 5. The molecule has 3 aromatic rings. The van der Waals surface area contributed by atoms with E-state index in [0.29, 0.717) is 61.8 Å². The van der Waals surface area contributed by atoms with Gasteiger partial charge in [-0.05, 0) is 57.0 Å². The third-order valence-corrected chi connectivity index (χ3v) is 7.79. The van der Waals surface area contributed by atoms with Gasteiger partial charge in [0.25, 0.3) is 5.56 Å². The van der Waals surface area contributed by atoms with Crippen molar-refractivity contribution in [3.05, 3.63) is 56.9 Å². The Bertz CT molecular complexity index is 1700. The second-order valence-corrected chi connectivity index (χ2v) is 11.6. The number of aliphatic hydroxyl groups excluding tert-OH is 1. The molecule has 44 heavy (non-hydrogen) atoms. The number of benzene rings is 1. The molecule has 1 fully saturated rings. The van der Waals surface area contributed by atoms with E-state index < -0.39 is 29.9 Å². The lowest BCUT2D eigenvalue weighted by atomic mass is 9.97. The summed E-state index contributed by atoms with van der Waals surface area (Å²) in [7, 11) is 0. The van der Waals surface area contributed by atoms with Gasteiger partial charge in [0, 0.05) is 42.7 Å². The summed E-state index contributed by atoms with van der Waals surface area (Å²) in [5.41, 5.74) is 3.27. The quantitative estimate of drug-likeness (QED) is 0.333. The maximum atomic E-state index is 13.3. The molecule has 0 spiro atoms. The van der Waals surface area contributed by atoms with E-state index >= 15 is 0 Å². The van der Waals surface area contributed by atoms with Crippen LogP contribution in [0.2, 0.25) is 0 Å². The molecule has 12 heteroatoms. The van der Waals surface area contributed by atoms with E-state index in [2.05, 4.69) is 0 Å². The maximum Gasteiger partial charge on any atom is 0.415 e. The molecule has 3 aliphatic heterocycles. The first-order valence-electron chi connectivity index (χ1n) is 15.0. The molecular weight excluding hydrogens is 568 g/mol. The topological polar surface area (TPSA) is 140 Å². The molecular formula is C32H38N4O8. The maximum absolute atomic E-state index is 13.3. The minimum Gasteiger partial charge on any atom is -0.458 e. The molecule has 5 heterocycles. The number of nitrogens with zero attached hydrogens (tertiary/aromatic N) is 4. The van der Waals surface area contributed by atoms with E-state index in [1.807, 2.05) is 41.5 Å². The highest BCUT2D eigenvalue weighted by molar-refractivity contribution is 5.90. The van der Waals surface area contributed by atoms with Crippen molar-refractivity contribution < 1.29 is 33.7 Å². The van der Waals surface area contributed by atoms with Gasteiger partial charge in [0.15, 0.2) is 6.10 Å². The van der Waals surface area contributed by atoms with Crippen molar-refractivity contribution in [1.82, 2.24) is 19.4 Å². The number of aryl methyl sites for hydroxylation is 1. The Kier molecular flexibility index (Phi) is 8.39. The number of hydrogen-bond donors (Lipinski definition) is 1. The number of hydrogen-bond acceptors (Lipinski definition) is 9. The normalized spacial score (nSPS) is 17.2. The minimum absolute atomic E-state index is 0.179. The zero-order valence-corrected chi connectivity index (χ0v) is 25.9. The summed E-state index contributed by atoms with van der Waals surface area (Å²) in [6, 6.07) is 6.88. The third kappa shape index (κ3) is 5.61. The number of piperazine rings is 1. The predicted octanol–water partition coefficient (Wildman–Crippen LogP) is 4.16. The van der Waals surface area contributed by atoms with Crippen LogP contribution in [-0.2, 0) is 33.8 Å². The van der Waals surface area contributed by atoms with Crippen molar-refractivity contribution in [2.75, 3.05) is 26.2 Å². The van der Waals surface area contributed by atoms with Gasteiger partial charge in [-0.1, -0.05) is 20.8 Å². The van der Waals surface area contributed by atoms with Crippen molar-refractivity contribution >= 4 is 29.1 Å². The Morgan fingerprint density at radius 2 is 1.68 bits per heavy atom. The zero-order chi connectivity index (χ0) is 31.9. The second-order valence-electron chi connectivity index (χ2n) is 11.6. The van der Waals surface area contributed by atoms with Gasteiger partial charge in [0.1, 0.15) is 18.0 Å². The molecule has 1 unspecified atom stereocenters. The highest BCUT2D eigenvalue weighted by atomic mass is 16.6. The first kappa shape index (κ1) is 31.0. The molecule has 2 aromatic heterocycles. The van der Waals surface area contributed by atoms with Crippen molar-refractivity contribution in [3.8, 4) is 17.1 Å². The number of cyclic esters (lactones) is 1. The third-order valence-electron chi connectivity index (χ3n) is 7.79. The fourth-order valence-electron chi connectivity index (χ4n) is 5.72. The summed E-state index contributed by atoms with van der Waals surface area (Å²) >= 11 is 0. The molecule has 0 aliphatic carbocycles. The summed E-state index contributed by atoms with van der Waals surface area (Å²) < 4.78 is 17.7. The molecule has 0 saturated carbocycles. The van der Waals surface area contributed by atoms with E-state index in [1.165, 1.54) is 0 Å². The van der Waals surface area contributed by atoms with Crippen LogP contribution >= 0.6 is 0 Å². The van der Waals surface area contributed by atoms with Crippen LogP contribution in [0.15, 0.2) is 29.1 Å². The number of aromatic nitrogens is 2. The Morgan fingerprint density at radius 1 is 1.02 bits per heavy atom. The van der Waals surface area contributed by atoms with Crippen LogP contribution in [0.5, 0.6) is 5.75 Å². The number of carbonyl (C=O) groups is 3. The smallest absolute Gasteiger partial charge is 0.415 e. The molecule has 0 radical (unpaired) electrons. The van der Waals surface area contributed by atoms with Crippen LogP contribution in [0.3, 0.4) is 0 Å². The number of pyridine rings is 2. The Labute approximate surface area is 255 Å². The first-order valence-corrected chi connectivity index (χ1v) is 15.0. The van der Waals surface area contributed by atoms with Gasteiger partial charge < -0.3 is 33.7 Å². The molecule has 1 aromatic carbocycles. The molecule has 2 amide bonds. The van der Waals surface area contributed by atoms with Gasteiger partial charge in [-0.15, -0.1) is 0 Å².